The molecule has 7 N–H and O–H groups in total. The number of aromatic nitrogens is 4. The molecule has 2 aromatic heterocycles. The Labute approximate surface area is 169 Å². The lowest BCUT2D eigenvalue weighted by Gasteiger charge is -2.21. The van der Waals surface area contributed by atoms with E-state index in [0.29, 0.717) is 0 Å². The van der Waals surface area contributed by atoms with Gasteiger partial charge in [-0.3, -0.25) is 13.9 Å². The molecule has 3 heterocycles. The largest absolute Gasteiger partial charge is 0.468 e. The molecule has 15 nitrogen and oxygen atoms in total. The van der Waals surface area contributed by atoms with Crippen molar-refractivity contribution in [3.05, 3.63) is 12.7 Å². The van der Waals surface area contributed by atoms with E-state index in [1.165, 1.54) is 17.2 Å². The van der Waals surface area contributed by atoms with Gasteiger partial charge in [0.2, 0.25) is 0 Å². The van der Waals surface area contributed by atoms with E-state index in [4.69, 9.17) is 20.1 Å². The average Bonchev–Trinajstić information content (AvgIpc) is 3.27. The molecule has 30 heavy (non-hydrogen) atoms. The van der Waals surface area contributed by atoms with Crippen LogP contribution < -0.4 is 10.8 Å². The first-order valence-electron chi connectivity index (χ1n) is 8.57. The first-order chi connectivity index (χ1) is 14.2. The van der Waals surface area contributed by atoms with Gasteiger partial charge in [0, 0.05) is 0 Å². The first kappa shape index (κ1) is 22.5. The zero-order chi connectivity index (χ0) is 22.1. The Kier molecular flexibility index (Phi) is 6.64. The summed E-state index contributed by atoms with van der Waals surface area (Å²) in [5, 5.41) is 31.7. The highest BCUT2D eigenvalue weighted by Gasteiger charge is 2.45. The Morgan fingerprint density at radius 3 is 2.80 bits per heavy atom. The number of anilines is 1. The van der Waals surface area contributed by atoms with Crippen molar-refractivity contribution < 1.29 is 43.6 Å². The molecule has 0 saturated carbocycles. The molecule has 3 rings (SSSR count). The van der Waals surface area contributed by atoms with Crippen LogP contribution in [0.1, 0.15) is 6.23 Å². The van der Waals surface area contributed by atoms with Gasteiger partial charge in [-0.25, -0.2) is 24.6 Å². The Morgan fingerprint density at radius 1 is 1.40 bits per heavy atom. The zero-order valence-corrected chi connectivity index (χ0v) is 16.5. The molecule has 2 aromatic rings. The average molecular weight is 448 g/mol. The topological polar surface area (TPSA) is 224 Å². The van der Waals surface area contributed by atoms with E-state index in [2.05, 4.69) is 19.7 Å². The molecule has 1 saturated heterocycles. The molecule has 0 aromatic carbocycles. The number of ether oxygens (including phenoxy) is 2. The van der Waals surface area contributed by atoms with Crippen LogP contribution in [0, 0.1) is 0 Å². The second-order valence-corrected chi connectivity index (χ2v) is 7.89. The van der Waals surface area contributed by atoms with Gasteiger partial charge in [-0.15, -0.1) is 0 Å². The summed E-state index contributed by atoms with van der Waals surface area (Å²) in [6, 6.07) is -1.50. The molecule has 0 radical (unpaired) electrons. The molecular weight excluding hydrogens is 427 g/mol. The van der Waals surface area contributed by atoms with Gasteiger partial charge in [0.05, 0.1) is 26.7 Å². The number of nitrogens with zero attached hydrogens (tertiary/aromatic N) is 4. The normalized spacial score (nSPS) is 27.1. The van der Waals surface area contributed by atoms with Crippen molar-refractivity contribution in [1.82, 2.24) is 24.6 Å². The summed E-state index contributed by atoms with van der Waals surface area (Å²) in [7, 11) is -3.56. The number of nitrogens with two attached hydrogens (primary N) is 1. The van der Waals surface area contributed by atoms with E-state index in [1.807, 2.05) is 5.09 Å². The lowest BCUT2D eigenvalue weighted by molar-refractivity contribution is -0.143. The molecule has 0 aliphatic carbocycles. The molecule has 1 fully saturated rings. The van der Waals surface area contributed by atoms with Crippen LogP contribution in [0.4, 0.5) is 5.82 Å². The van der Waals surface area contributed by atoms with E-state index in [-0.39, 0.29) is 17.0 Å². The highest BCUT2D eigenvalue weighted by atomic mass is 31.2. The Balaban J connectivity index is 1.69. The number of methoxy groups -OCH3 is 1. The summed E-state index contributed by atoms with van der Waals surface area (Å²) >= 11 is 0. The van der Waals surface area contributed by atoms with Crippen molar-refractivity contribution in [3.8, 4) is 0 Å². The highest BCUT2D eigenvalue weighted by Crippen LogP contribution is 2.40. The minimum atomic E-state index is -4.60. The maximum atomic E-state index is 12.1. The SMILES string of the molecule is COC(=O)[C@H](CO)NP(=O)(O)OC[C@H]1O[C@@H](n2cnc3c(N)ncnc32)[C@H](O)[C@@H]1O. The van der Waals surface area contributed by atoms with Crippen LogP contribution in [0.3, 0.4) is 0 Å². The first-order valence-corrected chi connectivity index (χ1v) is 10.1. The van der Waals surface area contributed by atoms with E-state index in [9.17, 15) is 24.5 Å². The van der Waals surface area contributed by atoms with Gasteiger partial charge in [-0.1, -0.05) is 0 Å². The maximum absolute atomic E-state index is 12.1. The van der Waals surface area contributed by atoms with Gasteiger partial charge >= 0.3 is 13.7 Å². The summed E-state index contributed by atoms with van der Waals surface area (Å²) < 4.78 is 28.3. The molecule has 1 unspecified atom stereocenters. The van der Waals surface area contributed by atoms with Crippen LogP contribution in [0.15, 0.2) is 12.7 Å². The van der Waals surface area contributed by atoms with Crippen molar-refractivity contribution in [2.75, 3.05) is 26.1 Å². The number of aliphatic hydroxyl groups excluding tert-OH is 3. The number of rotatable bonds is 8. The number of fused-ring (bicyclic) bond motifs is 1. The quantitative estimate of drug-likeness (QED) is 0.178. The summed E-state index contributed by atoms with van der Waals surface area (Å²) in [6.07, 6.45) is -2.80. The van der Waals surface area contributed by atoms with E-state index >= 15 is 0 Å². The number of carbonyl (C=O) groups is 1. The van der Waals surface area contributed by atoms with Crippen LogP contribution in [0.25, 0.3) is 11.2 Å². The van der Waals surface area contributed by atoms with Crippen molar-refractivity contribution in [2.24, 2.45) is 0 Å². The number of hydrogen-bond acceptors (Lipinski definition) is 12. The minimum Gasteiger partial charge on any atom is -0.468 e. The number of hydrogen-bond donors (Lipinski definition) is 6. The van der Waals surface area contributed by atoms with Crippen molar-refractivity contribution in [2.45, 2.75) is 30.6 Å². The van der Waals surface area contributed by atoms with E-state index in [0.717, 1.165) is 7.11 Å². The van der Waals surface area contributed by atoms with Crippen molar-refractivity contribution in [1.29, 1.82) is 0 Å². The fourth-order valence-electron chi connectivity index (χ4n) is 2.87. The van der Waals surface area contributed by atoms with Crippen molar-refractivity contribution in [3.63, 3.8) is 0 Å². The van der Waals surface area contributed by atoms with Crippen LogP contribution in [-0.2, 0) is 23.4 Å². The lowest BCUT2D eigenvalue weighted by Crippen LogP contribution is -2.40. The monoisotopic (exact) mass is 448 g/mol. The third-order valence-corrected chi connectivity index (χ3v) is 5.54. The molecule has 0 bridgehead atoms. The molecule has 0 amide bonds. The van der Waals surface area contributed by atoms with Gasteiger partial charge in [-0.05, 0) is 0 Å². The summed E-state index contributed by atoms with van der Waals surface area (Å²) in [4.78, 5) is 33.2. The smallest absolute Gasteiger partial charge is 0.403 e. The molecule has 166 valence electrons. The Morgan fingerprint density at radius 2 is 2.13 bits per heavy atom. The van der Waals surface area contributed by atoms with Gasteiger partial charge in [0.1, 0.15) is 36.2 Å². The van der Waals surface area contributed by atoms with Crippen molar-refractivity contribution >= 4 is 30.7 Å². The molecule has 16 heteroatoms. The summed E-state index contributed by atoms with van der Waals surface area (Å²) in [5.74, 6) is -0.862. The summed E-state index contributed by atoms with van der Waals surface area (Å²) in [5.41, 5.74) is 6.24. The number of esters is 1. The third kappa shape index (κ3) is 4.43. The van der Waals surface area contributed by atoms with Crippen LogP contribution in [0.5, 0.6) is 0 Å². The molecule has 1 aliphatic rings. The molecule has 1 aliphatic heterocycles. The number of nitrogen functional groups attached to an aromatic ring is 1. The van der Waals surface area contributed by atoms with Crippen LogP contribution >= 0.6 is 7.75 Å². The highest BCUT2D eigenvalue weighted by molar-refractivity contribution is 7.50. The Hall–Kier alpha value is -2.23. The van der Waals surface area contributed by atoms with Crippen LogP contribution in [0.2, 0.25) is 0 Å². The fraction of sp³-hybridized carbons (Fsp3) is 0.571. The number of imidazole rings is 1. The van der Waals surface area contributed by atoms with Gasteiger partial charge in [0.25, 0.3) is 0 Å². The molecule has 6 atom stereocenters. The predicted octanol–water partition coefficient (Wildman–Crippen LogP) is -2.73. The Bertz CT molecular complexity index is 957. The summed E-state index contributed by atoms with van der Waals surface area (Å²) in [6.45, 7) is -1.44. The maximum Gasteiger partial charge on any atom is 0.403 e. The van der Waals surface area contributed by atoms with Gasteiger partial charge < -0.3 is 35.4 Å². The standard InChI is InChI=1S/C14H21N6O9P/c1-27-14(24)6(2-21)19-30(25,26)28-3-7-9(22)10(23)13(29-7)20-5-18-8-11(15)16-4-17-12(8)20/h4-7,9-10,13,21-23H,2-3H2,1H3,(H2,15,16,17)(H2,19,25,26)/t6-,7+,9+,10+,13+/m0/s1. The van der Waals surface area contributed by atoms with Crippen LogP contribution in [-0.4, -0.2) is 90.4 Å². The van der Waals surface area contributed by atoms with E-state index in [1.54, 1.807) is 0 Å². The fourth-order valence-corrected chi connectivity index (χ4v) is 3.88. The number of nitrogens with one attached hydrogen (secondary N) is 1. The third-order valence-electron chi connectivity index (χ3n) is 4.40. The number of aliphatic hydroxyl groups is 3. The molecule has 0 spiro atoms. The molecular formula is C14H21N6O9P. The van der Waals surface area contributed by atoms with Gasteiger partial charge in [-0.2, -0.15) is 0 Å². The number of carbonyl (C=O) groups excluding carboxylic acids is 1. The minimum absolute atomic E-state index is 0.114. The predicted molar refractivity (Wildman–Crippen MR) is 97.5 cm³/mol. The lowest BCUT2D eigenvalue weighted by atomic mass is 10.1. The van der Waals surface area contributed by atoms with E-state index < -0.39 is 57.5 Å². The zero-order valence-electron chi connectivity index (χ0n) is 15.6. The second kappa shape index (κ2) is 8.87. The second-order valence-electron chi connectivity index (χ2n) is 6.33. The van der Waals surface area contributed by atoms with Gasteiger partial charge in [0.15, 0.2) is 17.7 Å².